The summed E-state index contributed by atoms with van der Waals surface area (Å²) >= 11 is 0. The average Bonchev–Trinajstić information content (AvgIpc) is 3.18. The number of phosphoric acid groups is 1. The second kappa shape index (κ2) is 39.2. The monoisotopic (exact) mass is 811 g/mol. The number of hydrogen-bond acceptors (Lipinski definition) is 10. The van der Waals surface area contributed by atoms with Gasteiger partial charge in [-0.15, -0.1) is 0 Å². The third kappa shape index (κ3) is 38.3. The number of esters is 2. The van der Waals surface area contributed by atoms with Crippen LogP contribution in [0.25, 0.3) is 0 Å². The molecule has 0 rings (SSSR count). The van der Waals surface area contributed by atoms with E-state index in [1.807, 2.05) is 12.2 Å². The van der Waals surface area contributed by atoms with Crippen molar-refractivity contribution < 1.29 is 52.9 Å². The van der Waals surface area contributed by atoms with E-state index >= 15 is 0 Å². The van der Waals surface area contributed by atoms with Gasteiger partial charge >= 0.3 is 19.8 Å². The number of aliphatic hydroxyl groups is 3. The van der Waals surface area contributed by atoms with Gasteiger partial charge in [-0.05, 0) is 44.9 Å². The van der Waals surface area contributed by atoms with Crippen molar-refractivity contribution in [2.45, 2.75) is 167 Å². The number of phosphoric ester groups is 1. The van der Waals surface area contributed by atoms with Gasteiger partial charge in [0.05, 0.1) is 25.9 Å². The highest BCUT2D eigenvalue weighted by Crippen LogP contribution is 2.43. The molecule has 0 aromatic carbocycles. The number of aliphatic hydroxyl groups excluding tert-OH is 3. The average molecular weight is 811 g/mol. The fourth-order valence-corrected chi connectivity index (χ4v) is 6.01. The van der Waals surface area contributed by atoms with Gasteiger partial charge < -0.3 is 29.7 Å². The Hall–Kier alpha value is -2.63. The Kier molecular flexibility index (Phi) is 37.4. The number of ether oxygens (including phenoxy) is 2. The van der Waals surface area contributed by atoms with E-state index in [1.54, 1.807) is 12.2 Å². The summed E-state index contributed by atoms with van der Waals surface area (Å²) in [6, 6.07) is 0. The Morgan fingerprint density at radius 2 is 1.11 bits per heavy atom. The van der Waals surface area contributed by atoms with Crippen molar-refractivity contribution in [1.82, 2.24) is 0 Å². The largest absolute Gasteiger partial charge is 0.472 e. The van der Waals surface area contributed by atoms with E-state index in [0.717, 1.165) is 51.4 Å². The minimum absolute atomic E-state index is 0.0626. The Balaban J connectivity index is 4.58. The minimum Gasteiger partial charge on any atom is -0.462 e. The summed E-state index contributed by atoms with van der Waals surface area (Å²) in [5.74, 6) is -1.21. The first-order valence-electron chi connectivity index (χ1n) is 21.0. The first kappa shape index (κ1) is 53.4. The zero-order valence-corrected chi connectivity index (χ0v) is 35.3. The highest BCUT2D eigenvalue weighted by Gasteiger charge is 2.27. The molecule has 0 saturated carbocycles. The Labute approximate surface area is 338 Å². The molecule has 4 N–H and O–H groups in total. The van der Waals surface area contributed by atoms with Gasteiger partial charge in [0.15, 0.2) is 6.10 Å². The zero-order valence-electron chi connectivity index (χ0n) is 34.4. The molecule has 11 nitrogen and oxygen atoms in total. The van der Waals surface area contributed by atoms with Crippen LogP contribution in [-0.2, 0) is 32.7 Å². The number of carbonyl (C=O) groups excluding carboxylic acids is 2. The van der Waals surface area contributed by atoms with Gasteiger partial charge in [0.25, 0.3) is 0 Å². The molecule has 12 heteroatoms. The smallest absolute Gasteiger partial charge is 0.462 e. The normalized spacial score (nSPS) is 15.2. The van der Waals surface area contributed by atoms with E-state index < -0.39 is 64.5 Å². The molecule has 0 radical (unpaired) electrons. The quantitative estimate of drug-likeness (QED) is 0.0154. The molecule has 322 valence electrons. The van der Waals surface area contributed by atoms with Gasteiger partial charge in [-0.2, -0.15) is 0 Å². The summed E-state index contributed by atoms with van der Waals surface area (Å²) in [5, 5.41) is 28.6. The molecule has 56 heavy (non-hydrogen) atoms. The van der Waals surface area contributed by atoms with Crippen LogP contribution in [0.15, 0.2) is 72.9 Å². The van der Waals surface area contributed by atoms with Crippen molar-refractivity contribution >= 4 is 19.8 Å². The van der Waals surface area contributed by atoms with Crippen molar-refractivity contribution in [1.29, 1.82) is 0 Å². The van der Waals surface area contributed by atoms with Crippen LogP contribution in [0.3, 0.4) is 0 Å². The fourth-order valence-electron chi connectivity index (χ4n) is 5.22. The van der Waals surface area contributed by atoms with Crippen molar-refractivity contribution in [2.24, 2.45) is 0 Å². The molecule has 0 aromatic heterocycles. The van der Waals surface area contributed by atoms with Gasteiger partial charge in [0, 0.05) is 12.8 Å². The SMILES string of the molecule is CC/C=C\C/C=C\C/C=C\C/C=C\C/C=C\C=C/C(O)CCC(=O)O[C@H](COC(=O)CCCCCCCCCCCCCCC)COP(=O)(O)OC[C@@H](O)CO. The molecule has 4 atom stereocenters. The first-order valence-corrected chi connectivity index (χ1v) is 22.5. The van der Waals surface area contributed by atoms with Crippen LogP contribution in [-0.4, -0.2) is 76.9 Å². The molecular weight excluding hydrogens is 735 g/mol. The third-order valence-corrected chi connectivity index (χ3v) is 9.44. The van der Waals surface area contributed by atoms with Gasteiger partial charge in [-0.3, -0.25) is 18.6 Å². The maximum Gasteiger partial charge on any atom is 0.472 e. The molecular formula is C44H75O11P. The summed E-state index contributed by atoms with van der Waals surface area (Å²) in [7, 11) is -4.69. The topological polar surface area (TPSA) is 169 Å². The van der Waals surface area contributed by atoms with Crippen molar-refractivity contribution in [3.05, 3.63) is 72.9 Å². The maximum atomic E-state index is 12.6. The van der Waals surface area contributed by atoms with E-state index in [0.29, 0.717) is 6.42 Å². The number of unbranched alkanes of at least 4 members (excludes halogenated alkanes) is 12. The van der Waals surface area contributed by atoms with E-state index in [9.17, 15) is 29.3 Å². The second-order valence-electron chi connectivity index (χ2n) is 13.8. The van der Waals surface area contributed by atoms with Crippen LogP contribution in [0.4, 0.5) is 0 Å². The van der Waals surface area contributed by atoms with Crippen molar-refractivity contribution in [2.75, 3.05) is 26.4 Å². The molecule has 0 bridgehead atoms. The summed E-state index contributed by atoms with van der Waals surface area (Å²) in [4.78, 5) is 34.9. The standard InChI is InChI=1S/C44H75O11P/c1-3-5-7-9-11-13-15-17-18-19-21-22-24-26-28-30-32-40(46)34-35-44(49)55-42(39-54-56(50,51)53-37-41(47)36-45)38-52-43(48)33-31-29-27-25-23-20-16-14-12-10-8-6-4-2/h5,7,11,13,17-18,21-22,26,28,30,32,40-42,45-47H,3-4,6,8-10,12,14-16,19-20,23-25,27,29,31,33-39H2,1-2H3,(H,50,51)/b7-5-,13-11-,18-17-,22-21-,28-26-,32-30-/t40?,41-,42+/m0/s1. The molecule has 0 aliphatic rings. The fraction of sp³-hybridized carbons (Fsp3) is 0.682. The molecule has 0 saturated heterocycles. The van der Waals surface area contributed by atoms with Crippen LogP contribution in [0.5, 0.6) is 0 Å². The minimum atomic E-state index is -4.69. The van der Waals surface area contributed by atoms with Gasteiger partial charge in [-0.1, -0.05) is 164 Å². The van der Waals surface area contributed by atoms with E-state index in [-0.39, 0.29) is 19.3 Å². The number of allylic oxidation sites excluding steroid dienone is 11. The van der Waals surface area contributed by atoms with Crippen LogP contribution >= 0.6 is 7.82 Å². The number of carbonyl (C=O) groups is 2. The lowest BCUT2D eigenvalue weighted by atomic mass is 10.0. The lowest BCUT2D eigenvalue weighted by molar-refractivity contribution is -0.161. The van der Waals surface area contributed by atoms with E-state index in [1.165, 1.54) is 57.8 Å². The molecule has 2 unspecified atom stereocenters. The summed E-state index contributed by atoms with van der Waals surface area (Å²) in [6.07, 6.45) is 40.5. The van der Waals surface area contributed by atoms with E-state index in [2.05, 4.69) is 67.0 Å². The molecule has 0 aromatic rings. The first-order chi connectivity index (χ1) is 27.1. The van der Waals surface area contributed by atoms with Crippen LogP contribution in [0.1, 0.15) is 149 Å². The molecule has 0 amide bonds. The number of hydrogen-bond donors (Lipinski definition) is 4. The molecule has 0 fully saturated rings. The van der Waals surface area contributed by atoms with Crippen LogP contribution < -0.4 is 0 Å². The molecule has 0 aliphatic carbocycles. The lowest BCUT2D eigenvalue weighted by Crippen LogP contribution is -2.30. The van der Waals surface area contributed by atoms with Gasteiger partial charge in [0.1, 0.15) is 12.7 Å². The Bertz CT molecular complexity index is 1180. The Morgan fingerprint density at radius 3 is 1.64 bits per heavy atom. The second-order valence-corrected chi connectivity index (χ2v) is 15.3. The molecule has 0 spiro atoms. The Morgan fingerprint density at radius 1 is 0.607 bits per heavy atom. The molecule has 0 aliphatic heterocycles. The molecule has 0 heterocycles. The van der Waals surface area contributed by atoms with Crippen LogP contribution in [0.2, 0.25) is 0 Å². The zero-order chi connectivity index (χ0) is 41.4. The van der Waals surface area contributed by atoms with Gasteiger partial charge in [0.2, 0.25) is 0 Å². The van der Waals surface area contributed by atoms with E-state index in [4.69, 9.17) is 19.1 Å². The highest BCUT2D eigenvalue weighted by atomic mass is 31.2. The summed E-state index contributed by atoms with van der Waals surface area (Å²) in [5.41, 5.74) is 0. The maximum absolute atomic E-state index is 12.6. The predicted octanol–water partition coefficient (Wildman–Crippen LogP) is 9.86. The van der Waals surface area contributed by atoms with Crippen molar-refractivity contribution in [3.8, 4) is 0 Å². The van der Waals surface area contributed by atoms with Crippen LogP contribution in [0, 0.1) is 0 Å². The number of rotatable bonds is 38. The summed E-state index contributed by atoms with van der Waals surface area (Å²) < 4.78 is 32.5. The predicted molar refractivity (Wildman–Crippen MR) is 225 cm³/mol. The van der Waals surface area contributed by atoms with Gasteiger partial charge in [-0.25, -0.2) is 4.57 Å². The summed E-state index contributed by atoms with van der Waals surface area (Å²) in [6.45, 7) is 1.97. The van der Waals surface area contributed by atoms with Crippen molar-refractivity contribution in [3.63, 3.8) is 0 Å². The lowest BCUT2D eigenvalue weighted by Gasteiger charge is -2.20. The highest BCUT2D eigenvalue weighted by molar-refractivity contribution is 7.47. The third-order valence-electron chi connectivity index (χ3n) is 8.49.